The van der Waals surface area contributed by atoms with Gasteiger partial charge in [0, 0.05) is 11.1 Å². The monoisotopic (exact) mass is 1230 g/mol. The van der Waals surface area contributed by atoms with Gasteiger partial charge in [-0.3, -0.25) is 0 Å². The van der Waals surface area contributed by atoms with Crippen LogP contribution in [0.25, 0.3) is 11.1 Å². The van der Waals surface area contributed by atoms with Crippen LogP contribution in [0.15, 0.2) is 115 Å². The van der Waals surface area contributed by atoms with E-state index >= 15 is 0 Å². The Morgan fingerprint density at radius 1 is 0.411 bits per heavy atom. The van der Waals surface area contributed by atoms with E-state index in [0.717, 1.165) is 71.0 Å². The van der Waals surface area contributed by atoms with E-state index in [4.69, 9.17) is 9.47 Å². The lowest BCUT2D eigenvalue weighted by Crippen LogP contribution is -2.25. The molecule has 0 heterocycles. The van der Waals surface area contributed by atoms with Gasteiger partial charge < -0.3 is 9.47 Å². The van der Waals surface area contributed by atoms with Gasteiger partial charge in [-0.05, 0) is 253 Å². The van der Waals surface area contributed by atoms with Gasteiger partial charge >= 0.3 is 11.9 Å². The average Bonchev–Trinajstić information content (AvgIpc) is 1.96. The second kappa shape index (κ2) is 39.1. The van der Waals surface area contributed by atoms with Crippen LogP contribution in [-0.4, -0.2) is 11.9 Å². The standard InChI is InChI=1S/C24H38.C22H34.C20H17FO4.C19H36/c1-3-5-19-7-11-21(12-8-19)23-15-17-24(18-16-23)22-13-9-20(6-4-2)10-14-22;1-3-4-18-7-11-20(12-8-18)22-15-13-21(14-16-22)19-9-5-17(2)6-10-19;1-12(2)19(22)24-16-8-5-14(6-9-16)15-7-10-18(17(21)11-15)25-20(23)13(3)4;1-3-5-7-17-10-14-19(15-11-17)18-12-8-16(6-4-2)9-13-18/h7-8,11-12,20,22-24H,3-6,9-10,13-18H2,1-2H3;5-6,9-10,18,20-22H,3-4,7-8,11-16H2,1-2H3;5-11H,1,3H2,2,4H3;16-19H,3-15H2,1-2H3. The summed E-state index contributed by atoms with van der Waals surface area (Å²) in [6.45, 7) is 23.8. The van der Waals surface area contributed by atoms with Crippen molar-refractivity contribution in [2.75, 3.05) is 0 Å². The van der Waals surface area contributed by atoms with Gasteiger partial charge in [-0.25, -0.2) is 14.0 Å². The summed E-state index contributed by atoms with van der Waals surface area (Å²) in [6, 6.07) is 29.8. The molecule has 0 N–H and O–H groups in total. The minimum atomic E-state index is -0.685. The first-order chi connectivity index (χ1) is 43.7. The predicted molar refractivity (Wildman–Crippen MR) is 380 cm³/mol. The molecule has 6 aliphatic rings. The molecule has 0 bridgehead atoms. The Hall–Kier alpha value is -4.77. The molecule has 0 aliphatic heterocycles. The highest BCUT2D eigenvalue weighted by Crippen LogP contribution is 2.47. The van der Waals surface area contributed by atoms with E-state index in [2.05, 4.69) is 103 Å². The number of unbranched alkanes of at least 4 members (excludes halogenated alkanes) is 1. The van der Waals surface area contributed by atoms with Crippen molar-refractivity contribution in [3.8, 4) is 22.6 Å². The number of esters is 2. The molecule has 0 saturated heterocycles. The van der Waals surface area contributed by atoms with Crippen molar-refractivity contribution in [2.45, 2.75) is 292 Å². The maximum atomic E-state index is 14.1. The highest BCUT2D eigenvalue weighted by molar-refractivity contribution is 5.89. The molecule has 0 atom stereocenters. The van der Waals surface area contributed by atoms with Gasteiger partial charge in [0.2, 0.25) is 0 Å². The molecule has 10 rings (SSSR count). The normalized spacial score (nSPS) is 26.8. The summed E-state index contributed by atoms with van der Waals surface area (Å²) in [7, 11) is 0. The molecular formula is C85H125FO4. The quantitative estimate of drug-likeness (QED) is 0.0474. The lowest BCUT2D eigenvalue weighted by atomic mass is 9.68. The fourth-order valence-electron chi connectivity index (χ4n) is 17.3. The molecule has 0 unspecified atom stereocenters. The molecule has 5 heteroatoms. The SMILES string of the molecule is C=C(C)C(=O)Oc1ccc(-c2ccc(OC(=O)C(=C)C)c(F)c2)cc1.CCCC1CCC(C2CCC(c3ccc(C)cc3)CC2)CC1.CCCCC1CCC(C2CCC(CCC)CC2)CC1.CCCc1ccc(C2CCC(C3CCC(CCC)CC3)CC2)cc1. The highest BCUT2D eigenvalue weighted by Gasteiger charge is 2.34. The molecule has 6 saturated carbocycles. The zero-order valence-corrected chi connectivity index (χ0v) is 58.3. The molecular weight excluding hydrogens is 1100 g/mol. The summed E-state index contributed by atoms with van der Waals surface area (Å²) in [6.07, 6.45) is 51.9. The molecule has 4 aromatic carbocycles. The number of carbonyl (C=O) groups excluding carboxylic acids is 2. The Bertz CT molecular complexity index is 2670. The number of carbonyl (C=O) groups is 2. The van der Waals surface area contributed by atoms with Gasteiger partial charge in [-0.1, -0.05) is 236 Å². The maximum Gasteiger partial charge on any atom is 0.338 e. The van der Waals surface area contributed by atoms with Crippen LogP contribution in [0.1, 0.15) is 301 Å². The van der Waals surface area contributed by atoms with E-state index in [1.165, 1.54) is 204 Å². The molecule has 0 spiro atoms. The van der Waals surface area contributed by atoms with E-state index in [1.807, 2.05) is 0 Å². The van der Waals surface area contributed by atoms with Crippen LogP contribution in [0.4, 0.5) is 4.39 Å². The van der Waals surface area contributed by atoms with Gasteiger partial charge in [0.25, 0.3) is 0 Å². The second-order valence-corrected chi connectivity index (χ2v) is 29.8. The van der Waals surface area contributed by atoms with Crippen molar-refractivity contribution >= 4 is 11.9 Å². The largest absolute Gasteiger partial charge is 0.423 e. The maximum absolute atomic E-state index is 14.1. The van der Waals surface area contributed by atoms with Crippen molar-refractivity contribution in [3.63, 3.8) is 0 Å². The summed E-state index contributed by atoms with van der Waals surface area (Å²) in [5, 5.41) is 0. The molecule has 4 aromatic rings. The number of hydrogen-bond acceptors (Lipinski definition) is 4. The number of halogens is 1. The topological polar surface area (TPSA) is 52.6 Å². The van der Waals surface area contributed by atoms with Gasteiger partial charge in [0.15, 0.2) is 11.6 Å². The number of aryl methyl sites for hydroxylation is 2. The molecule has 0 aromatic heterocycles. The zero-order chi connectivity index (χ0) is 64.2. The first-order valence-corrected chi connectivity index (χ1v) is 37.5. The van der Waals surface area contributed by atoms with Gasteiger partial charge in [0.05, 0.1) is 0 Å². The number of rotatable bonds is 21. The second-order valence-electron chi connectivity index (χ2n) is 29.8. The molecule has 496 valence electrons. The van der Waals surface area contributed by atoms with Crippen LogP contribution < -0.4 is 9.47 Å². The molecule has 90 heavy (non-hydrogen) atoms. The van der Waals surface area contributed by atoms with Crippen molar-refractivity contribution < 1.29 is 23.5 Å². The van der Waals surface area contributed by atoms with E-state index in [0.29, 0.717) is 22.4 Å². The number of ether oxygens (including phenoxy) is 2. The van der Waals surface area contributed by atoms with Crippen LogP contribution in [0.2, 0.25) is 0 Å². The van der Waals surface area contributed by atoms with E-state index in [-0.39, 0.29) is 11.3 Å². The van der Waals surface area contributed by atoms with Gasteiger partial charge in [-0.2, -0.15) is 0 Å². The summed E-state index contributed by atoms with van der Waals surface area (Å²) >= 11 is 0. The third-order valence-electron chi connectivity index (χ3n) is 22.9. The molecule has 6 fully saturated rings. The Kier molecular flexibility index (Phi) is 31.5. The fourth-order valence-corrected chi connectivity index (χ4v) is 17.3. The van der Waals surface area contributed by atoms with Crippen LogP contribution in [0, 0.1) is 71.9 Å². The van der Waals surface area contributed by atoms with Crippen LogP contribution in [0.3, 0.4) is 0 Å². The Balaban J connectivity index is 0.000000171. The number of benzene rings is 4. The third-order valence-corrected chi connectivity index (χ3v) is 22.9. The van der Waals surface area contributed by atoms with Gasteiger partial charge in [-0.15, -0.1) is 0 Å². The summed E-state index contributed by atoms with van der Waals surface area (Å²) in [4.78, 5) is 22.9. The number of hydrogen-bond donors (Lipinski definition) is 0. The van der Waals surface area contributed by atoms with Crippen molar-refractivity contribution in [1.29, 1.82) is 0 Å². The lowest BCUT2D eigenvalue weighted by molar-refractivity contribution is -0.131. The van der Waals surface area contributed by atoms with Crippen molar-refractivity contribution in [2.24, 2.45) is 59.2 Å². The van der Waals surface area contributed by atoms with Crippen LogP contribution >= 0.6 is 0 Å². The summed E-state index contributed by atoms with van der Waals surface area (Å²) in [5.74, 6) is 10.8. The fraction of sp³-hybridized carbons (Fsp3) is 0.647. The molecule has 4 nitrogen and oxygen atoms in total. The zero-order valence-electron chi connectivity index (χ0n) is 58.3. The Labute approximate surface area is 549 Å². The molecule has 6 aliphatic carbocycles. The van der Waals surface area contributed by atoms with E-state index in [1.54, 1.807) is 99.7 Å². The van der Waals surface area contributed by atoms with Crippen molar-refractivity contribution in [1.82, 2.24) is 0 Å². The van der Waals surface area contributed by atoms with E-state index in [9.17, 15) is 14.0 Å². The predicted octanol–water partition coefficient (Wildman–Crippen LogP) is 25.4. The summed E-state index contributed by atoms with van der Waals surface area (Å²) in [5.41, 5.74) is 7.89. The van der Waals surface area contributed by atoms with Crippen LogP contribution in [-0.2, 0) is 16.0 Å². The highest BCUT2D eigenvalue weighted by atomic mass is 19.1. The minimum Gasteiger partial charge on any atom is -0.423 e. The lowest BCUT2D eigenvalue weighted by Gasteiger charge is -2.38. The average molecular weight is 1230 g/mol. The van der Waals surface area contributed by atoms with Gasteiger partial charge in [0.1, 0.15) is 5.75 Å². The molecule has 0 amide bonds. The van der Waals surface area contributed by atoms with Crippen molar-refractivity contribution in [3.05, 3.63) is 143 Å². The Morgan fingerprint density at radius 3 is 1.12 bits per heavy atom. The third kappa shape index (κ3) is 23.7. The first-order valence-electron chi connectivity index (χ1n) is 37.5. The Morgan fingerprint density at radius 2 is 0.767 bits per heavy atom. The van der Waals surface area contributed by atoms with Crippen LogP contribution in [0.5, 0.6) is 11.5 Å². The summed E-state index contributed by atoms with van der Waals surface area (Å²) < 4.78 is 24.1. The van der Waals surface area contributed by atoms with E-state index < -0.39 is 17.8 Å². The molecule has 0 radical (unpaired) electrons. The smallest absolute Gasteiger partial charge is 0.338 e. The minimum absolute atomic E-state index is 0.163. The first kappa shape index (κ1) is 72.7.